The average molecular weight is 917 g/mol. The first-order valence-corrected chi connectivity index (χ1v) is 21.1. The van der Waals surface area contributed by atoms with Gasteiger partial charge in [-0.25, -0.2) is 14.6 Å². The lowest BCUT2D eigenvalue weighted by Gasteiger charge is -2.26. The molecule has 0 saturated carbocycles. The quantitative estimate of drug-likeness (QED) is 0.0633. The number of rotatable bonds is 17. The monoisotopic (exact) mass is 916 g/mol. The molecular weight excluding hydrogens is 869 g/mol. The Morgan fingerprint density at radius 1 is 0.723 bits per heavy atom. The molecule has 22 heteroatoms. The van der Waals surface area contributed by atoms with E-state index >= 15 is 0 Å². The van der Waals surface area contributed by atoms with Gasteiger partial charge in [0.15, 0.2) is 28.1 Å². The first-order valence-electron chi connectivity index (χ1n) is 20.3. The Morgan fingerprint density at radius 2 is 1.34 bits per heavy atom. The van der Waals surface area contributed by atoms with Gasteiger partial charge in [0.1, 0.15) is 28.9 Å². The lowest BCUT2D eigenvalue weighted by atomic mass is 9.88. The van der Waals surface area contributed by atoms with Crippen molar-refractivity contribution in [3.8, 4) is 22.8 Å². The second kappa shape index (κ2) is 21.5. The average Bonchev–Trinajstić information content (AvgIpc) is 4.15. The summed E-state index contributed by atoms with van der Waals surface area (Å²) >= 11 is 1.60. The van der Waals surface area contributed by atoms with Gasteiger partial charge in [-0.3, -0.25) is 19.9 Å². The number of fused-ring (bicyclic) bond motifs is 3. The van der Waals surface area contributed by atoms with Crippen LogP contribution in [0.2, 0.25) is 0 Å². The van der Waals surface area contributed by atoms with Crippen molar-refractivity contribution in [1.82, 2.24) is 24.6 Å². The summed E-state index contributed by atoms with van der Waals surface area (Å²) in [5.41, 5.74) is 0.550. The number of aliphatic hydroxyl groups excluding tert-OH is 6. The SMILES string of the molecule is O=C(Nc1cc(C(CO)(CO)CO)on1)Oc1ccccc1.O=C(Nc1ccc(-c2cn3c(n2)sc2cc(OCCN4CCOCC4)ccc23)cc1)Nc1cc(C(CO)(CO)CO)on1. The third-order valence-corrected chi connectivity index (χ3v) is 11.6. The number of ether oxygens (including phenoxy) is 3. The van der Waals surface area contributed by atoms with Crippen LogP contribution in [0.15, 0.2) is 100 Å². The van der Waals surface area contributed by atoms with Crippen LogP contribution in [0, 0.1) is 0 Å². The molecule has 7 aromatic rings. The fourth-order valence-electron chi connectivity index (χ4n) is 6.49. The molecule has 1 fully saturated rings. The number of nitrogens with one attached hydrogen (secondary N) is 3. The molecule has 344 valence electrons. The summed E-state index contributed by atoms with van der Waals surface area (Å²) in [5.74, 6) is 1.42. The third kappa shape index (κ3) is 11.1. The lowest BCUT2D eigenvalue weighted by molar-refractivity contribution is 0.0322. The van der Waals surface area contributed by atoms with Crippen molar-refractivity contribution in [3.05, 3.63) is 103 Å². The Morgan fingerprint density at radius 3 is 1.95 bits per heavy atom. The normalized spacial score (nSPS) is 13.3. The molecule has 0 unspecified atom stereocenters. The Labute approximate surface area is 374 Å². The van der Waals surface area contributed by atoms with E-state index < -0.39 is 62.6 Å². The summed E-state index contributed by atoms with van der Waals surface area (Å²) in [5, 5.41) is 71.4. The predicted molar refractivity (Wildman–Crippen MR) is 236 cm³/mol. The lowest BCUT2D eigenvalue weighted by Crippen LogP contribution is -2.38. The number of imidazole rings is 1. The molecule has 1 aliphatic heterocycles. The van der Waals surface area contributed by atoms with Crippen LogP contribution in [-0.4, -0.2) is 146 Å². The molecule has 3 aromatic carbocycles. The van der Waals surface area contributed by atoms with Crippen molar-refractivity contribution in [2.45, 2.75) is 10.8 Å². The summed E-state index contributed by atoms with van der Waals surface area (Å²) in [4.78, 5) is 32.2. The molecule has 0 bridgehead atoms. The molecule has 8 rings (SSSR count). The highest BCUT2D eigenvalue weighted by atomic mass is 32.1. The maximum absolute atomic E-state index is 12.5. The minimum atomic E-state index is -1.40. The maximum Gasteiger partial charge on any atom is 0.418 e. The molecular formula is C43H48N8O13S. The molecule has 9 N–H and O–H groups in total. The van der Waals surface area contributed by atoms with Crippen LogP contribution in [0.3, 0.4) is 0 Å². The smallest absolute Gasteiger partial charge is 0.418 e. The molecule has 0 atom stereocenters. The summed E-state index contributed by atoms with van der Waals surface area (Å²) in [7, 11) is 0. The second-order valence-corrected chi connectivity index (χ2v) is 16.0. The molecule has 5 heterocycles. The first kappa shape index (κ1) is 46.5. The number of thiazole rings is 1. The minimum absolute atomic E-state index is 0.0376. The number of morpholine rings is 1. The van der Waals surface area contributed by atoms with Crippen molar-refractivity contribution >= 4 is 56.0 Å². The van der Waals surface area contributed by atoms with Crippen LogP contribution >= 0.6 is 11.3 Å². The standard InChI is InChI=1S/C29H32N6O7S.C14H16N2O6/c36-16-29(17-37,18-38)25-14-26(33-42-25)32-27(39)30-20-3-1-19(2-4-20)22-15-35-23-6-5-21(13-24(23)43-28(35)31-22)41-12-9-34-7-10-40-11-8-34;17-7-14(8-18,9-19)11-6-12(16-22-11)15-13(20)21-10-4-2-1-3-5-10/h1-6,13-15,36-38H,7-12,16-18H2,(H2,30,32,33,39);1-6,17-19H,7-9H2,(H,15,16,20). The number of carbonyl (C=O) groups excluding carboxylic acids is 2. The zero-order valence-electron chi connectivity index (χ0n) is 34.8. The highest BCUT2D eigenvalue weighted by Gasteiger charge is 2.36. The molecule has 21 nitrogen and oxygen atoms in total. The van der Waals surface area contributed by atoms with Crippen molar-refractivity contribution in [3.63, 3.8) is 0 Å². The van der Waals surface area contributed by atoms with Gasteiger partial charge in [-0.15, -0.1) is 0 Å². The zero-order chi connectivity index (χ0) is 45.8. The van der Waals surface area contributed by atoms with E-state index in [-0.39, 0.29) is 23.2 Å². The Kier molecular flexibility index (Phi) is 15.4. The zero-order valence-corrected chi connectivity index (χ0v) is 35.6. The van der Waals surface area contributed by atoms with Crippen LogP contribution < -0.4 is 25.4 Å². The van der Waals surface area contributed by atoms with E-state index in [0.717, 1.165) is 65.0 Å². The minimum Gasteiger partial charge on any atom is -0.492 e. The number of aliphatic hydroxyl groups is 6. The largest absolute Gasteiger partial charge is 0.492 e. The molecule has 65 heavy (non-hydrogen) atoms. The highest BCUT2D eigenvalue weighted by molar-refractivity contribution is 7.23. The van der Waals surface area contributed by atoms with Crippen LogP contribution in [-0.2, 0) is 15.6 Å². The number of benzene rings is 3. The molecule has 0 radical (unpaired) electrons. The van der Waals surface area contributed by atoms with E-state index in [1.54, 1.807) is 53.8 Å². The number of aromatic nitrogens is 4. The van der Waals surface area contributed by atoms with Crippen LogP contribution in [0.25, 0.3) is 26.4 Å². The van der Waals surface area contributed by atoms with E-state index in [0.29, 0.717) is 18.0 Å². The van der Waals surface area contributed by atoms with Gasteiger partial charge in [0, 0.05) is 49.2 Å². The number of hydrogen-bond donors (Lipinski definition) is 9. The van der Waals surface area contributed by atoms with Crippen molar-refractivity contribution < 1.29 is 63.5 Å². The molecule has 4 aromatic heterocycles. The van der Waals surface area contributed by atoms with Crippen LogP contribution in [0.5, 0.6) is 11.5 Å². The highest BCUT2D eigenvalue weighted by Crippen LogP contribution is 2.33. The molecule has 0 spiro atoms. The Hall–Kier alpha value is -6.47. The van der Waals surface area contributed by atoms with Crippen molar-refractivity contribution in [2.24, 2.45) is 0 Å². The molecule has 1 aliphatic rings. The summed E-state index contributed by atoms with van der Waals surface area (Å²) in [6.45, 7) is 1.68. The predicted octanol–water partition coefficient (Wildman–Crippen LogP) is 3.27. The number of urea groups is 1. The van der Waals surface area contributed by atoms with E-state index in [1.165, 1.54) is 12.1 Å². The Bertz CT molecular complexity index is 2600. The van der Waals surface area contributed by atoms with E-state index in [9.17, 15) is 40.2 Å². The number of para-hydroxylation sites is 1. The van der Waals surface area contributed by atoms with Gasteiger partial charge >= 0.3 is 12.1 Å². The van der Waals surface area contributed by atoms with Gasteiger partial charge in [-0.1, -0.05) is 52.0 Å². The second-order valence-electron chi connectivity index (χ2n) is 15.0. The van der Waals surface area contributed by atoms with Crippen LogP contribution in [0.4, 0.5) is 26.9 Å². The molecule has 1 saturated heterocycles. The van der Waals surface area contributed by atoms with Gasteiger partial charge in [0.2, 0.25) is 0 Å². The van der Waals surface area contributed by atoms with E-state index in [4.69, 9.17) is 28.2 Å². The number of nitrogens with zero attached hydrogens (tertiary/aromatic N) is 5. The fraction of sp³-hybridized carbons (Fsp3) is 0.326. The number of hydrogen-bond acceptors (Lipinski definition) is 18. The number of amides is 3. The summed E-state index contributed by atoms with van der Waals surface area (Å²) in [6.07, 6.45) is 1.23. The number of carbonyl (C=O) groups is 2. The molecule has 3 amide bonds. The van der Waals surface area contributed by atoms with Gasteiger partial charge in [-0.05, 0) is 42.5 Å². The maximum atomic E-state index is 12.5. The van der Waals surface area contributed by atoms with Gasteiger partial charge in [0.25, 0.3) is 0 Å². The third-order valence-electron chi connectivity index (χ3n) is 10.6. The fourth-order valence-corrected chi connectivity index (χ4v) is 7.53. The summed E-state index contributed by atoms with van der Waals surface area (Å²) < 4.78 is 29.6. The van der Waals surface area contributed by atoms with Crippen molar-refractivity contribution in [1.29, 1.82) is 0 Å². The van der Waals surface area contributed by atoms with Crippen LogP contribution in [0.1, 0.15) is 11.5 Å². The summed E-state index contributed by atoms with van der Waals surface area (Å²) in [6, 6.07) is 23.9. The number of anilines is 3. The Balaban J connectivity index is 0.000000241. The molecule has 0 aliphatic carbocycles. The van der Waals surface area contributed by atoms with Gasteiger partial charge < -0.3 is 59.2 Å². The van der Waals surface area contributed by atoms with Gasteiger partial charge in [0.05, 0.1) is 68.8 Å². The topological polar surface area (TPSA) is 292 Å². The van der Waals surface area contributed by atoms with E-state index in [2.05, 4.69) is 47.7 Å². The first-order chi connectivity index (χ1) is 31.6. The van der Waals surface area contributed by atoms with Crippen molar-refractivity contribution in [2.75, 3.05) is 95.0 Å². The van der Waals surface area contributed by atoms with Gasteiger partial charge in [-0.2, -0.15) is 0 Å². The van der Waals surface area contributed by atoms with E-state index in [1.807, 2.05) is 24.4 Å².